The molecule has 1 unspecified atom stereocenters. The molecule has 0 aromatic heterocycles. The number of nitrogens with one attached hydrogen (secondary N) is 1. The molecule has 0 aliphatic heterocycles. The van der Waals surface area contributed by atoms with Crippen LogP contribution >= 0.6 is 0 Å². The lowest BCUT2D eigenvalue weighted by Crippen LogP contribution is -2.21. The lowest BCUT2D eigenvalue weighted by Gasteiger charge is -2.13. The Kier molecular flexibility index (Phi) is 4.28. The number of benzene rings is 1. The highest BCUT2D eigenvalue weighted by molar-refractivity contribution is 7.89. The number of rotatable bonds is 5. The van der Waals surface area contributed by atoms with E-state index in [0.717, 1.165) is 0 Å². The van der Waals surface area contributed by atoms with Gasteiger partial charge in [-0.25, -0.2) is 13.6 Å². The maximum absolute atomic E-state index is 11.3. The van der Waals surface area contributed by atoms with Gasteiger partial charge >= 0.3 is 0 Å². The third kappa shape index (κ3) is 3.48. The number of hydrogen-bond acceptors (Lipinski definition) is 4. The summed E-state index contributed by atoms with van der Waals surface area (Å²) in [6.07, 6.45) is 0. The fourth-order valence-electron chi connectivity index (χ4n) is 1.23. The summed E-state index contributed by atoms with van der Waals surface area (Å²) in [5.74, 6) is 0.272. The van der Waals surface area contributed by atoms with Gasteiger partial charge < -0.3 is 11.1 Å². The highest BCUT2D eigenvalue weighted by Crippen LogP contribution is 2.19. The van der Waals surface area contributed by atoms with Crippen molar-refractivity contribution in [1.82, 2.24) is 0 Å². The molecule has 0 aliphatic rings. The van der Waals surface area contributed by atoms with Crippen LogP contribution in [0.1, 0.15) is 6.92 Å². The van der Waals surface area contributed by atoms with Crippen molar-refractivity contribution in [2.75, 3.05) is 18.4 Å². The van der Waals surface area contributed by atoms with Crippen molar-refractivity contribution < 1.29 is 8.42 Å². The predicted octanol–water partition coefficient (Wildman–Crippen LogP) is 0.341. The van der Waals surface area contributed by atoms with Gasteiger partial charge in [-0.1, -0.05) is 19.1 Å². The first-order valence-electron chi connectivity index (χ1n) is 5.01. The van der Waals surface area contributed by atoms with Crippen molar-refractivity contribution in [2.45, 2.75) is 11.8 Å². The first-order chi connectivity index (χ1) is 7.45. The minimum absolute atomic E-state index is 0.110. The van der Waals surface area contributed by atoms with E-state index in [9.17, 15) is 8.42 Å². The van der Waals surface area contributed by atoms with Crippen LogP contribution in [0, 0.1) is 5.92 Å². The molecule has 1 aromatic rings. The lowest BCUT2D eigenvalue weighted by atomic mass is 10.2. The van der Waals surface area contributed by atoms with Crippen LogP contribution in [0.4, 0.5) is 5.69 Å². The number of hydrogen-bond donors (Lipinski definition) is 3. The van der Waals surface area contributed by atoms with Crippen molar-refractivity contribution >= 4 is 15.7 Å². The molecule has 0 spiro atoms. The molecule has 5 N–H and O–H groups in total. The molecule has 90 valence electrons. The van der Waals surface area contributed by atoms with Crippen LogP contribution in [0.5, 0.6) is 0 Å². The molecule has 0 radical (unpaired) electrons. The van der Waals surface area contributed by atoms with Gasteiger partial charge in [0.15, 0.2) is 0 Å². The fourth-order valence-corrected chi connectivity index (χ4v) is 1.94. The molecule has 16 heavy (non-hydrogen) atoms. The fraction of sp³-hybridized carbons (Fsp3) is 0.400. The van der Waals surface area contributed by atoms with E-state index in [2.05, 4.69) is 5.32 Å². The van der Waals surface area contributed by atoms with Crippen LogP contribution in [0.15, 0.2) is 29.2 Å². The number of para-hydroxylation sites is 1. The summed E-state index contributed by atoms with van der Waals surface area (Å²) in [6, 6.07) is 6.55. The molecular weight excluding hydrogens is 226 g/mol. The second-order valence-electron chi connectivity index (χ2n) is 3.76. The third-order valence-corrected chi connectivity index (χ3v) is 3.21. The summed E-state index contributed by atoms with van der Waals surface area (Å²) in [5.41, 5.74) is 6.00. The van der Waals surface area contributed by atoms with Gasteiger partial charge in [0, 0.05) is 6.54 Å². The van der Waals surface area contributed by atoms with Gasteiger partial charge in [-0.3, -0.25) is 0 Å². The van der Waals surface area contributed by atoms with Gasteiger partial charge in [-0.15, -0.1) is 0 Å². The Morgan fingerprint density at radius 3 is 2.56 bits per heavy atom. The van der Waals surface area contributed by atoms with E-state index in [1.54, 1.807) is 18.2 Å². The molecular formula is C10H17N3O2S. The Hall–Kier alpha value is -1.11. The molecule has 5 nitrogen and oxygen atoms in total. The van der Waals surface area contributed by atoms with Crippen LogP contribution in [0.25, 0.3) is 0 Å². The van der Waals surface area contributed by atoms with Crippen LogP contribution in [-0.2, 0) is 10.0 Å². The van der Waals surface area contributed by atoms with Crippen molar-refractivity contribution in [3.8, 4) is 0 Å². The third-order valence-electron chi connectivity index (χ3n) is 2.24. The summed E-state index contributed by atoms with van der Waals surface area (Å²) in [7, 11) is -3.68. The molecule has 0 amide bonds. The summed E-state index contributed by atoms with van der Waals surface area (Å²) in [5, 5.41) is 8.14. The number of sulfonamides is 1. The quantitative estimate of drug-likeness (QED) is 0.694. The summed E-state index contributed by atoms with van der Waals surface area (Å²) in [6.45, 7) is 3.14. The molecule has 0 fully saturated rings. The number of anilines is 1. The number of nitrogens with two attached hydrogens (primary N) is 2. The molecule has 0 aliphatic carbocycles. The molecule has 0 saturated heterocycles. The van der Waals surface area contributed by atoms with Crippen molar-refractivity contribution in [3.05, 3.63) is 24.3 Å². The second-order valence-corrected chi connectivity index (χ2v) is 5.29. The molecule has 0 bridgehead atoms. The van der Waals surface area contributed by atoms with Gasteiger partial charge in [0.1, 0.15) is 4.90 Å². The smallest absolute Gasteiger partial charge is 0.240 e. The largest absolute Gasteiger partial charge is 0.384 e. The standard InChI is InChI=1S/C10H17N3O2S/c1-8(6-11)7-13-9-4-2-3-5-10(9)16(12,14)15/h2-5,8,13H,6-7,11H2,1H3,(H2,12,14,15). The van der Waals surface area contributed by atoms with E-state index in [1.807, 2.05) is 6.92 Å². The average molecular weight is 243 g/mol. The Morgan fingerprint density at radius 1 is 1.38 bits per heavy atom. The SMILES string of the molecule is CC(CN)CNc1ccccc1S(N)(=O)=O. The first-order valence-corrected chi connectivity index (χ1v) is 6.55. The Bertz CT molecular complexity index is 445. The van der Waals surface area contributed by atoms with E-state index < -0.39 is 10.0 Å². The van der Waals surface area contributed by atoms with Gasteiger partial charge in [0.05, 0.1) is 5.69 Å². The highest BCUT2D eigenvalue weighted by atomic mass is 32.2. The summed E-state index contributed by atoms with van der Waals surface area (Å²) in [4.78, 5) is 0.110. The lowest BCUT2D eigenvalue weighted by molar-refractivity contribution is 0.597. The molecule has 1 rings (SSSR count). The zero-order valence-electron chi connectivity index (χ0n) is 9.18. The van der Waals surface area contributed by atoms with Gasteiger partial charge in [-0.2, -0.15) is 0 Å². The first kappa shape index (κ1) is 13.0. The van der Waals surface area contributed by atoms with E-state index in [4.69, 9.17) is 10.9 Å². The molecule has 6 heteroatoms. The maximum atomic E-state index is 11.3. The molecule has 1 atom stereocenters. The average Bonchev–Trinajstić information content (AvgIpc) is 2.25. The Balaban J connectivity index is 2.88. The van der Waals surface area contributed by atoms with Crippen molar-refractivity contribution in [3.63, 3.8) is 0 Å². The summed E-state index contributed by atoms with van der Waals surface area (Å²) >= 11 is 0. The minimum atomic E-state index is -3.68. The van der Waals surface area contributed by atoms with E-state index in [-0.39, 0.29) is 10.8 Å². The van der Waals surface area contributed by atoms with Crippen LogP contribution < -0.4 is 16.2 Å². The summed E-state index contributed by atoms with van der Waals surface area (Å²) < 4.78 is 22.6. The number of primary sulfonamides is 1. The zero-order chi connectivity index (χ0) is 12.2. The molecule has 0 heterocycles. The molecule has 0 saturated carbocycles. The van der Waals surface area contributed by atoms with Crippen molar-refractivity contribution in [2.24, 2.45) is 16.8 Å². The van der Waals surface area contributed by atoms with E-state index >= 15 is 0 Å². The second kappa shape index (κ2) is 5.29. The van der Waals surface area contributed by atoms with Crippen LogP contribution in [0.2, 0.25) is 0 Å². The Morgan fingerprint density at radius 2 is 2.00 bits per heavy atom. The normalized spacial score (nSPS) is 13.4. The van der Waals surface area contributed by atoms with Gasteiger partial charge in [0.25, 0.3) is 0 Å². The van der Waals surface area contributed by atoms with Crippen LogP contribution in [0.3, 0.4) is 0 Å². The molecule has 1 aromatic carbocycles. The van der Waals surface area contributed by atoms with Crippen LogP contribution in [-0.4, -0.2) is 21.5 Å². The highest BCUT2D eigenvalue weighted by Gasteiger charge is 2.12. The minimum Gasteiger partial charge on any atom is -0.384 e. The van der Waals surface area contributed by atoms with Gasteiger partial charge in [0.2, 0.25) is 10.0 Å². The topological polar surface area (TPSA) is 98.2 Å². The van der Waals surface area contributed by atoms with Crippen molar-refractivity contribution in [1.29, 1.82) is 0 Å². The Labute approximate surface area is 95.9 Å². The van der Waals surface area contributed by atoms with E-state index in [0.29, 0.717) is 18.8 Å². The maximum Gasteiger partial charge on any atom is 0.240 e. The van der Waals surface area contributed by atoms with Gasteiger partial charge in [-0.05, 0) is 24.6 Å². The monoisotopic (exact) mass is 243 g/mol. The zero-order valence-corrected chi connectivity index (χ0v) is 10.00. The predicted molar refractivity (Wildman–Crippen MR) is 64.5 cm³/mol. The van der Waals surface area contributed by atoms with E-state index in [1.165, 1.54) is 6.07 Å².